The first-order chi connectivity index (χ1) is 10.3. The van der Waals surface area contributed by atoms with Crippen LogP contribution >= 0.6 is 0 Å². The van der Waals surface area contributed by atoms with Gasteiger partial charge in [0.15, 0.2) is 0 Å². The lowest BCUT2D eigenvalue weighted by Gasteiger charge is -2.32. The number of hydrogen-bond acceptors (Lipinski definition) is 4. The number of ether oxygens (including phenoxy) is 1. The molecule has 1 amide bonds. The highest BCUT2D eigenvalue weighted by atomic mass is 16.5. The Bertz CT molecular complexity index is 512. The summed E-state index contributed by atoms with van der Waals surface area (Å²) in [4.78, 5) is 11.5. The standard InChI is InChI=1S/C16H23N3O2/c1-2-14(13-10-17-8-9-18-13)21-15-5-3-4-12-11(15)6-7-16(20)19-12/h3-5,13-14,17-18H,2,6-10H2,1H3,(H,19,20). The molecule has 0 saturated carbocycles. The molecule has 3 N–H and O–H groups in total. The molecule has 0 aromatic heterocycles. The van der Waals surface area contributed by atoms with Gasteiger partial charge in [-0.05, 0) is 25.0 Å². The normalized spacial score (nSPS) is 23.1. The van der Waals surface area contributed by atoms with Crippen molar-refractivity contribution in [1.29, 1.82) is 0 Å². The van der Waals surface area contributed by atoms with E-state index in [-0.39, 0.29) is 12.0 Å². The highest BCUT2D eigenvalue weighted by Gasteiger charge is 2.25. The summed E-state index contributed by atoms with van der Waals surface area (Å²) in [6, 6.07) is 6.23. The monoisotopic (exact) mass is 289 g/mol. The fraction of sp³-hybridized carbons (Fsp3) is 0.562. The summed E-state index contributed by atoms with van der Waals surface area (Å²) in [5, 5.41) is 9.85. The summed E-state index contributed by atoms with van der Waals surface area (Å²) in [6.45, 7) is 5.08. The second-order valence-electron chi connectivity index (χ2n) is 5.66. The minimum absolute atomic E-state index is 0.0878. The number of amides is 1. The van der Waals surface area contributed by atoms with Gasteiger partial charge in [-0.1, -0.05) is 13.0 Å². The number of hydrogen-bond donors (Lipinski definition) is 3. The summed E-state index contributed by atoms with van der Waals surface area (Å²) in [6.07, 6.45) is 2.38. The molecule has 1 aromatic carbocycles. The van der Waals surface area contributed by atoms with Crippen LogP contribution in [-0.2, 0) is 11.2 Å². The van der Waals surface area contributed by atoms with Crippen LogP contribution in [0.25, 0.3) is 0 Å². The van der Waals surface area contributed by atoms with Gasteiger partial charge in [0.05, 0.1) is 6.04 Å². The van der Waals surface area contributed by atoms with E-state index in [4.69, 9.17) is 4.74 Å². The van der Waals surface area contributed by atoms with Crippen molar-refractivity contribution in [3.63, 3.8) is 0 Å². The van der Waals surface area contributed by atoms with Crippen LogP contribution in [0.15, 0.2) is 18.2 Å². The van der Waals surface area contributed by atoms with Gasteiger partial charge in [0.25, 0.3) is 0 Å². The number of nitrogens with one attached hydrogen (secondary N) is 3. The van der Waals surface area contributed by atoms with Gasteiger partial charge < -0.3 is 20.7 Å². The molecule has 1 saturated heterocycles. The highest BCUT2D eigenvalue weighted by molar-refractivity contribution is 5.94. The third-order valence-electron chi connectivity index (χ3n) is 4.21. The van der Waals surface area contributed by atoms with Crippen molar-refractivity contribution in [3.8, 4) is 5.75 Å². The van der Waals surface area contributed by atoms with Gasteiger partial charge in [-0.15, -0.1) is 0 Å². The van der Waals surface area contributed by atoms with Gasteiger partial charge in [-0.2, -0.15) is 0 Å². The molecule has 5 nitrogen and oxygen atoms in total. The van der Waals surface area contributed by atoms with Crippen LogP contribution in [-0.4, -0.2) is 37.7 Å². The summed E-state index contributed by atoms with van der Waals surface area (Å²) in [5.41, 5.74) is 2.02. The Balaban J connectivity index is 1.77. The zero-order valence-corrected chi connectivity index (χ0v) is 12.4. The van der Waals surface area contributed by atoms with Crippen molar-refractivity contribution in [2.24, 2.45) is 0 Å². The van der Waals surface area contributed by atoms with Gasteiger partial charge in [0.1, 0.15) is 11.9 Å². The van der Waals surface area contributed by atoms with Crippen molar-refractivity contribution in [2.75, 3.05) is 25.0 Å². The molecule has 2 aliphatic rings. The average molecular weight is 289 g/mol. The van der Waals surface area contributed by atoms with Crippen molar-refractivity contribution in [1.82, 2.24) is 10.6 Å². The maximum Gasteiger partial charge on any atom is 0.224 e. The molecule has 1 fully saturated rings. The SMILES string of the molecule is CCC(Oc1cccc2c1CCC(=O)N2)C1CNCCN1. The molecule has 0 spiro atoms. The quantitative estimate of drug-likeness (QED) is 0.781. The summed E-state index contributed by atoms with van der Waals surface area (Å²) < 4.78 is 6.28. The van der Waals surface area contributed by atoms with Crippen LogP contribution in [0.1, 0.15) is 25.3 Å². The second kappa shape index (κ2) is 6.45. The molecule has 0 radical (unpaired) electrons. The predicted molar refractivity (Wildman–Crippen MR) is 82.8 cm³/mol. The molecular formula is C16H23N3O2. The maximum atomic E-state index is 11.5. The molecule has 0 bridgehead atoms. The average Bonchev–Trinajstić information content (AvgIpc) is 2.53. The van der Waals surface area contributed by atoms with E-state index in [1.54, 1.807) is 0 Å². The Labute approximate surface area is 125 Å². The number of carbonyl (C=O) groups is 1. The van der Waals surface area contributed by atoms with Crippen LogP contribution in [0, 0.1) is 0 Å². The molecule has 2 aliphatic heterocycles. The van der Waals surface area contributed by atoms with Crippen LogP contribution in [0.5, 0.6) is 5.75 Å². The first-order valence-electron chi connectivity index (χ1n) is 7.80. The van der Waals surface area contributed by atoms with E-state index in [2.05, 4.69) is 22.9 Å². The Morgan fingerprint density at radius 1 is 1.33 bits per heavy atom. The van der Waals surface area contributed by atoms with Crippen molar-refractivity contribution < 1.29 is 9.53 Å². The van der Waals surface area contributed by atoms with Gasteiger partial charge in [-0.25, -0.2) is 0 Å². The second-order valence-corrected chi connectivity index (χ2v) is 5.66. The van der Waals surface area contributed by atoms with Crippen LogP contribution < -0.4 is 20.7 Å². The molecule has 2 atom stereocenters. The lowest BCUT2D eigenvalue weighted by Crippen LogP contribution is -2.55. The maximum absolute atomic E-state index is 11.5. The molecule has 3 rings (SSSR count). The molecule has 2 unspecified atom stereocenters. The van der Waals surface area contributed by atoms with E-state index in [9.17, 15) is 4.79 Å². The van der Waals surface area contributed by atoms with Gasteiger partial charge >= 0.3 is 0 Å². The minimum Gasteiger partial charge on any atom is -0.488 e. The topological polar surface area (TPSA) is 62.4 Å². The fourth-order valence-electron chi connectivity index (χ4n) is 3.05. The number of fused-ring (bicyclic) bond motifs is 1. The molecule has 21 heavy (non-hydrogen) atoms. The van der Waals surface area contributed by atoms with Crippen molar-refractivity contribution in [3.05, 3.63) is 23.8 Å². The Morgan fingerprint density at radius 2 is 2.24 bits per heavy atom. The number of piperazine rings is 1. The summed E-state index contributed by atoms with van der Waals surface area (Å²) >= 11 is 0. The van der Waals surface area contributed by atoms with Gasteiger partial charge in [-0.3, -0.25) is 4.79 Å². The van der Waals surface area contributed by atoms with Crippen molar-refractivity contribution in [2.45, 2.75) is 38.3 Å². The Morgan fingerprint density at radius 3 is 3.00 bits per heavy atom. The summed E-state index contributed by atoms with van der Waals surface area (Å²) in [7, 11) is 0. The molecule has 0 aliphatic carbocycles. The third kappa shape index (κ3) is 3.19. The summed E-state index contributed by atoms with van der Waals surface area (Å²) in [5.74, 6) is 0.997. The van der Waals surface area contributed by atoms with E-state index < -0.39 is 0 Å². The fourth-order valence-corrected chi connectivity index (χ4v) is 3.05. The first-order valence-corrected chi connectivity index (χ1v) is 7.80. The minimum atomic E-state index is 0.0878. The van der Waals surface area contributed by atoms with Gasteiger partial charge in [0, 0.05) is 37.3 Å². The zero-order valence-electron chi connectivity index (χ0n) is 12.4. The lowest BCUT2D eigenvalue weighted by molar-refractivity contribution is -0.116. The molecule has 114 valence electrons. The zero-order chi connectivity index (χ0) is 14.7. The largest absolute Gasteiger partial charge is 0.488 e. The predicted octanol–water partition coefficient (Wildman–Crippen LogP) is 1.29. The van der Waals surface area contributed by atoms with E-state index >= 15 is 0 Å². The first kappa shape index (κ1) is 14.4. The third-order valence-corrected chi connectivity index (χ3v) is 4.21. The molecule has 5 heteroatoms. The number of anilines is 1. The molecule has 2 heterocycles. The number of rotatable bonds is 4. The smallest absolute Gasteiger partial charge is 0.224 e. The number of benzene rings is 1. The highest BCUT2D eigenvalue weighted by Crippen LogP contribution is 2.32. The number of carbonyl (C=O) groups excluding carboxylic acids is 1. The Hall–Kier alpha value is -1.59. The van der Waals surface area contributed by atoms with Crippen LogP contribution in [0.4, 0.5) is 5.69 Å². The van der Waals surface area contributed by atoms with E-state index in [0.717, 1.165) is 49.5 Å². The van der Waals surface area contributed by atoms with Gasteiger partial charge in [0.2, 0.25) is 5.91 Å². The van der Waals surface area contributed by atoms with E-state index in [0.29, 0.717) is 12.5 Å². The van der Waals surface area contributed by atoms with Crippen LogP contribution in [0.3, 0.4) is 0 Å². The van der Waals surface area contributed by atoms with Crippen molar-refractivity contribution >= 4 is 11.6 Å². The van der Waals surface area contributed by atoms with Crippen LogP contribution in [0.2, 0.25) is 0 Å². The molecular weight excluding hydrogens is 266 g/mol. The van der Waals surface area contributed by atoms with E-state index in [1.807, 2.05) is 18.2 Å². The lowest BCUT2D eigenvalue weighted by atomic mass is 10.0. The Kier molecular flexibility index (Phi) is 4.41. The van der Waals surface area contributed by atoms with E-state index in [1.165, 1.54) is 0 Å². The molecule has 1 aromatic rings.